The third-order valence-electron chi connectivity index (χ3n) is 1.99. The van der Waals surface area contributed by atoms with Crippen LogP contribution in [0.15, 0.2) is 0 Å². The van der Waals surface area contributed by atoms with Gasteiger partial charge in [-0.1, -0.05) is 6.92 Å². The molecule has 0 aromatic carbocycles. The summed E-state index contributed by atoms with van der Waals surface area (Å²) in [5.41, 5.74) is 0.0925. The van der Waals surface area contributed by atoms with Crippen LogP contribution in [0.3, 0.4) is 0 Å². The quantitative estimate of drug-likeness (QED) is 0.707. The van der Waals surface area contributed by atoms with Gasteiger partial charge in [0.05, 0.1) is 13.0 Å². The van der Waals surface area contributed by atoms with Crippen molar-refractivity contribution in [2.24, 2.45) is 5.92 Å². The maximum atomic E-state index is 11.2. The number of esters is 1. The highest BCUT2D eigenvalue weighted by Crippen LogP contribution is 2.10. The second-order valence-corrected chi connectivity index (χ2v) is 4.96. The summed E-state index contributed by atoms with van der Waals surface area (Å²) in [6.45, 7) is 10.3. The van der Waals surface area contributed by atoms with Crippen LogP contribution in [0.5, 0.6) is 0 Å². The van der Waals surface area contributed by atoms with E-state index in [1.165, 1.54) is 7.11 Å². The minimum Gasteiger partial charge on any atom is -0.469 e. The van der Waals surface area contributed by atoms with Gasteiger partial charge in [-0.05, 0) is 34.1 Å². The maximum absolute atomic E-state index is 11.2. The fraction of sp³-hybridized carbons (Fsp3) is 0.909. The van der Waals surface area contributed by atoms with E-state index in [1.54, 1.807) is 0 Å². The molecule has 0 aromatic heterocycles. The first-order chi connectivity index (χ1) is 6.26. The Kier molecular flexibility index (Phi) is 5.13. The Bertz CT molecular complexity index is 184. The predicted octanol–water partition coefficient (Wildman–Crippen LogP) is 1.96. The molecule has 0 amide bonds. The molecule has 1 N–H and O–H groups in total. The number of hydrogen-bond donors (Lipinski definition) is 1. The SMILES string of the molecule is COC(=O)C(C)CC(C)NC(C)(C)C. The third kappa shape index (κ3) is 5.97. The van der Waals surface area contributed by atoms with Crippen molar-refractivity contribution in [2.45, 2.75) is 52.6 Å². The Hall–Kier alpha value is -0.570. The second-order valence-electron chi connectivity index (χ2n) is 4.96. The van der Waals surface area contributed by atoms with E-state index in [0.717, 1.165) is 6.42 Å². The molecule has 84 valence electrons. The van der Waals surface area contributed by atoms with Crippen molar-refractivity contribution in [1.82, 2.24) is 5.32 Å². The maximum Gasteiger partial charge on any atom is 0.308 e. The van der Waals surface area contributed by atoms with Gasteiger partial charge in [0.1, 0.15) is 0 Å². The summed E-state index contributed by atoms with van der Waals surface area (Å²) in [4.78, 5) is 11.2. The fourth-order valence-corrected chi connectivity index (χ4v) is 1.63. The van der Waals surface area contributed by atoms with Crippen LogP contribution in [0, 0.1) is 5.92 Å². The van der Waals surface area contributed by atoms with Crippen LogP contribution in [-0.2, 0) is 9.53 Å². The van der Waals surface area contributed by atoms with E-state index in [1.807, 2.05) is 6.92 Å². The normalized spacial score (nSPS) is 16.1. The van der Waals surface area contributed by atoms with Crippen molar-refractivity contribution < 1.29 is 9.53 Å². The average Bonchev–Trinajstić information content (AvgIpc) is 1.99. The molecule has 0 aliphatic heterocycles. The largest absolute Gasteiger partial charge is 0.469 e. The molecule has 0 aliphatic rings. The van der Waals surface area contributed by atoms with Gasteiger partial charge in [0.25, 0.3) is 0 Å². The number of carbonyl (C=O) groups excluding carboxylic acids is 1. The summed E-state index contributed by atoms with van der Waals surface area (Å²) < 4.78 is 4.68. The Labute approximate surface area is 87.2 Å². The summed E-state index contributed by atoms with van der Waals surface area (Å²) in [5, 5.41) is 3.42. The van der Waals surface area contributed by atoms with E-state index in [-0.39, 0.29) is 17.4 Å². The highest BCUT2D eigenvalue weighted by atomic mass is 16.5. The van der Waals surface area contributed by atoms with Gasteiger partial charge in [-0.25, -0.2) is 0 Å². The molecule has 0 bridgehead atoms. The van der Waals surface area contributed by atoms with Gasteiger partial charge in [-0.15, -0.1) is 0 Å². The molecule has 0 spiro atoms. The summed E-state index contributed by atoms with van der Waals surface area (Å²) in [6.07, 6.45) is 0.809. The summed E-state index contributed by atoms with van der Waals surface area (Å²) in [6, 6.07) is 0.323. The lowest BCUT2D eigenvalue weighted by molar-refractivity contribution is -0.145. The molecule has 3 heteroatoms. The van der Waals surface area contributed by atoms with Crippen LogP contribution in [0.4, 0.5) is 0 Å². The van der Waals surface area contributed by atoms with Gasteiger partial charge in [0, 0.05) is 11.6 Å². The second kappa shape index (κ2) is 5.35. The van der Waals surface area contributed by atoms with E-state index < -0.39 is 0 Å². The Morgan fingerprint density at radius 1 is 1.36 bits per heavy atom. The number of hydrogen-bond acceptors (Lipinski definition) is 3. The minimum absolute atomic E-state index is 0.0372. The van der Waals surface area contributed by atoms with Crippen molar-refractivity contribution in [3.63, 3.8) is 0 Å². The number of ether oxygens (including phenoxy) is 1. The van der Waals surface area contributed by atoms with Gasteiger partial charge >= 0.3 is 5.97 Å². The van der Waals surface area contributed by atoms with E-state index in [9.17, 15) is 4.79 Å². The van der Waals surface area contributed by atoms with Crippen LogP contribution in [-0.4, -0.2) is 24.7 Å². The van der Waals surface area contributed by atoms with Crippen LogP contribution < -0.4 is 5.32 Å². The van der Waals surface area contributed by atoms with Crippen molar-refractivity contribution in [3.8, 4) is 0 Å². The van der Waals surface area contributed by atoms with E-state index in [2.05, 4.69) is 37.7 Å². The molecule has 14 heavy (non-hydrogen) atoms. The predicted molar refractivity (Wildman–Crippen MR) is 58.1 cm³/mol. The number of carbonyl (C=O) groups is 1. The van der Waals surface area contributed by atoms with Gasteiger partial charge in [0.2, 0.25) is 0 Å². The molecule has 2 unspecified atom stereocenters. The topological polar surface area (TPSA) is 38.3 Å². The van der Waals surface area contributed by atoms with Crippen molar-refractivity contribution in [3.05, 3.63) is 0 Å². The molecule has 0 aromatic rings. The summed E-state index contributed by atoms with van der Waals surface area (Å²) in [5.74, 6) is -0.169. The van der Waals surface area contributed by atoms with Crippen molar-refractivity contribution in [1.29, 1.82) is 0 Å². The van der Waals surface area contributed by atoms with E-state index in [4.69, 9.17) is 0 Å². The number of rotatable bonds is 4. The zero-order valence-electron chi connectivity index (χ0n) is 10.2. The lowest BCUT2D eigenvalue weighted by Gasteiger charge is -2.27. The first-order valence-electron chi connectivity index (χ1n) is 5.12. The molecule has 3 nitrogen and oxygen atoms in total. The van der Waals surface area contributed by atoms with Gasteiger partial charge in [-0.3, -0.25) is 4.79 Å². The molecule has 2 atom stereocenters. The molecular formula is C11H23NO2. The van der Waals surface area contributed by atoms with Crippen molar-refractivity contribution in [2.75, 3.05) is 7.11 Å². The van der Waals surface area contributed by atoms with Gasteiger partial charge in [0.15, 0.2) is 0 Å². The number of methoxy groups -OCH3 is 1. The Morgan fingerprint density at radius 2 is 1.86 bits per heavy atom. The Balaban J connectivity index is 3.94. The Morgan fingerprint density at radius 3 is 2.21 bits per heavy atom. The third-order valence-corrected chi connectivity index (χ3v) is 1.99. The van der Waals surface area contributed by atoms with E-state index in [0.29, 0.717) is 6.04 Å². The van der Waals surface area contributed by atoms with Crippen LogP contribution in [0.25, 0.3) is 0 Å². The smallest absolute Gasteiger partial charge is 0.308 e. The van der Waals surface area contributed by atoms with E-state index >= 15 is 0 Å². The van der Waals surface area contributed by atoms with Crippen molar-refractivity contribution >= 4 is 5.97 Å². The van der Waals surface area contributed by atoms with Crippen LogP contribution >= 0.6 is 0 Å². The standard InChI is InChI=1S/C11H23NO2/c1-8(10(13)14-6)7-9(2)12-11(3,4)5/h8-9,12H,7H2,1-6H3. The highest BCUT2D eigenvalue weighted by Gasteiger charge is 2.19. The first kappa shape index (κ1) is 13.4. The van der Waals surface area contributed by atoms with Crippen LogP contribution in [0.2, 0.25) is 0 Å². The average molecular weight is 201 g/mol. The lowest BCUT2D eigenvalue weighted by Crippen LogP contribution is -2.43. The molecule has 0 saturated heterocycles. The molecule has 0 heterocycles. The summed E-state index contributed by atoms with van der Waals surface area (Å²) >= 11 is 0. The zero-order chi connectivity index (χ0) is 11.4. The molecule has 0 radical (unpaired) electrons. The molecule has 0 aliphatic carbocycles. The monoisotopic (exact) mass is 201 g/mol. The number of nitrogens with one attached hydrogen (secondary N) is 1. The van der Waals surface area contributed by atoms with Gasteiger partial charge < -0.3 is 10.1 Å². The molecule has 0 fully saturated rings. The zero-order valence-corrected chi connectivity index (χ0v) is 10.2. The first-order valence-corrected chi connectivity index (χ1v) is 5.12. The summed E-state index contributed by atoms with van der Waals surface area (Å²) in [7, 11) is 1.43. The fourth-order valence-electron chi connectivity index (χ4n) is 1.63. The molecule has 0 saturated carbocycles. The minimum atomic E-state index is -0.132. The van der Waals surface area contributed by atoms with Gasteiger partial charge in [-0.2, -0.15) is 0 Å². The molecular weight excluding hydrogens is 178 g/mol. The lowest BCUT2D eigenvalue weighted by atomic mass is 10.00. The highest BCUT2D eigenvalue weighted by molar-refractivity contribution is 5.71. The van der Waals surface area contributed by atoms with Crippen LogP contribution in [0.1, 0.15) is 41.0 Å². The molecule has 0 rings (SSSR count).